The summed E-state index contributed by atoms with van der Waals surface area (Å²) < 4.78 is 0. The minimum atomic E-state index is 0.434. The molecule has 0 aliphatic heterocycles. The van der Waals surface area contributed by atoms with Crippen LogP contribution in [0.2, 0.25) is 0 Å². The van der Waals surface area contributed by atoms with Gasteiger partial charge in [-0.1, -0.05) is 6.92 Å². The zero-order valence-electron chi connectivity index (χ0n) is 10.5. The Bertz CT molecular complexity index is 473. The molecule has 0 aliphatic rings. The van der Waals surface area contributed by atoms with Crippen LogP contribution >= 0.6 is 22.7 Å². The van der Waals surface area contributed by atoms with Gasteiger partial charge < -0.3 is 5.32 Å². The summed E-state index contributed by atoms with van der Waals surface area (Å²) >= 11 is 3.58. The van der Waals surface area contributed by atoms with E-state index in [0.717, 1.165) is 18.0 Å². The van der Waals surface area contributed by atoms with E-state index >= 15 is 0 Å². The highest BCUT2D eigenvalue weighted by Gasteiger charge is 2.07. The lowest BCUT2D eigenvalue weighted by Gasteiger charge is -2.11. The van der Waals surface area contributed by atoms with Crippen LogP contribution in [0.4, 0.5) is 5.13 Å². The molecule has 92 valence electrons. The van der Waals surface area contributed by atoms with Gasteiger partial charge in [-0.25, -0.2) is 4.98 Å². The Balaban J connectivity index is 1.90. The highest BCUT2D eigenvalue weighted by atomic mass is 32.1. The third kappa shape index (κ3) is 3.54. The van der Waals surface area contributed by atoms with Crippen LogP contribution < -0.4 is 5.32 Å². The summed E-state index contributed by atoms with van der Waals surface area (Å²) in [6.07, 6.45) is 2.08. The average molecular weight is 266 g/mol. The molecule has 0 radical (unpaired) electrons. The van der Waals surface area contributed by atoms with E-state index in [1.165, 1.54) is 15.4 Å². The van der Waals surface area contributed by atoms with Gasteiger partial charge in [0.25, 0.3) is 0 Å². The number of hydrogen-bond donors (Lipinski definition) is 1. The van der Waals surface area contributed by atoms with E-state index in [2.05, 4.69) is 48.6 Å². The highest BCUT2D eigenvalue weighted by molar-refractivity contribution is 7.13. The second kappa shape index (κ2) is 5.65. The van der Waals surface area contributed by atoms with E-state index in [-0.39, 0.29) is 0 Å². The fourth-order valence-electron chi connectivity index (χ4n) is 1.69. The minimum Gasteiger partial charge on any atom is -0.359 e. The van der Waals surface area contributed by atoms with Gasteiger partial charge in [-0.15, -0.1) is 22.7 Å². The van der Waals surface area contributed by atoms with Crippen molar-refractivity contribution in [2.75, 3.05) is 5.32 Å². The first-order valence-corrected chi connectivity index (χ1v) is 7.63. The maximum absolute atomic E-state index is 4.53. The highest BCUT2D eigenvalue weighted by Crippen LogP contribution is 2.20. The van der Waals surface area contributed by atoms with Gasteiger partial charge in [0.1, 0.15) is 0 Å². The molecule has 0 amide bonds. The predicted molar refractivity (Wildman–Crippen MR) is 77.3 cm³/mol. The SMILES string of the molecule is CCc1csc(NC(C)Cc2ccc(C)s2)n1. The summed E-state index contributed by atoms with van der Waals surface area (Å²) in [4.78, 5) is 7.35. The Morgan fingerprint density at radius 3 is 2.82 bits per heavy atom. The summed E-state index contributed by atoms with van der Waals surface area (Å²) in [6.45, 7) is 6.50. The molecular weight excluding hydrogens is 248 g/mol. The summed E-state index contributed by atoms with van der Waals surface area (Å²) in [5.41, 5.74) is 1.18. The van der Waals surface area contributed by atoms with Crippen LogP contribution in [0, 0.1) is 6.92 Å². The van der Waals surface area contributed by atoms with Crippen molar-refractivity contribution >= 4 is 27.8 Å². The molecule has 2 aromatic rings. The van der Waals surface area contributed by atoms with Crippen LogP contribution in [0.1, 0.15) is 29.3 Å². The van der Waals surface area contributed by atoms with Crippen molar-refractivity contribution in [1.82, 2.24) is 4.98 Å². The third-order valence-electron chi connectivity index (χ3n) is 2.59. The van der Waals surface area contributed by atoms with Crippen molar-refractivity contribution in [3.05, 3.63) is 33.0 Å². The number of thiophene rings is 1. The predicted octanol–water partition coefficient (Wildman–Crippen LogP) is 4.12. The Hall–Kier alpha value is -0.870. The largest absolute Gasteiger partial charge is 0.359 e. The first kappa shape index (κ1) is 12.6. The number of nitrogens with zero attached hydrogens (tertiary/aromatic N) is 1. The molecule has 2 nitrogen and oxygen atoms in total. The van der Waals surface area contributed by atoms with Gasteiger partial charge in [0.2, 0.25) is 0 Å². The number of aromatic nitrogens is 1. The summed E-state index contributed by atoms with van der Waals surface area (Å²) in [5, 5.41) is 6.64. The van der Waals surface area contributed by atoms with Crippen LogP contribution in [-0.4, -0.2) is 11.0 Å². The minimum absolute atomic E-state index is 0.434. The maximum atomic E-state index is 4.53. The molecule has 17 heavy (non-hydrogen) atoms. The van der Waals surface area contributed by atoms with E-state index in [0.29, 0.717) is 6.04 Å². The van der Waals surface area contributed by atoms with Crippen LogP contribution in [0.5, 0.6) is 0 Å². The van der Waals surface area contributed by atoms with Crippen molar-refractivity contribution < 1.29 is 0 Å². The molecule has 1 unspecified atom stereocenters. The molecule has 2 rings (SSSR count). The molecule has 0 aliphatic carbocycles. The molecule has 1 N–H and O–H groups in total. The zero-order valence-corrected chi connectivity index (χ0v) is 12.1. The van der Waals surface area contributed by atoms with E-state index < -0.39 is 0 Å². The molecule has 0 saturated carbocycles. The zero-order chi connectivity index (χ0) is 12.3. The van der Waals surface area contributed by atoms with Gasteiger partial charge in [-0.2, -0.15) is 0 Å². The van der Waals surface area contributed by atoms with Gasteiger partial charge in [0.15, 0.2) is 5.13 Å². The van der Waals surface area contributed by atoms with Gasteiger partial charge in [-0.05, 0) is 32.4 Å². The van der Waals surface area contributed by atoms with Gasteiger partial charge >= 0.3 is 0 Å². The Morgan fingerprint density at radius 1 is 1.41 bits per heavy atom. The van der Waals surface area contributed by atoms with Crippen LogP contribution in [0.15, 0.2) is 17.5 Å². The van der Waals surface area contributed by atoms with Crippen molar-refractivity contribution in [3.8, 4) is 0 Å². The van der Waals surface area contributed by atoms with Crippen LogP contribution in [0.3, 0.4) is 0 Å². The number of aryl methyl sites for hydroxylation is 2. The lowest BCUT2D eigenvalue weighted by atomic mass is 10.2. The first-order valence-electron chi connectivity index (χ1n) is 5.93. The number of nitrogens with one attached hydrogen (secondary N) is 1. The third-order valence-corrected chi connectivity index (χ3v) is 4.43. The van der Waals surface area contributed by atoms with Gasteiger partial charge in [0, 0.05) is 27.6 Å². The van der Waals surface area contributed by atoms with Crippen molar-refractivity contribution in [3.63, 3.8) is 0 Å². The molecule has 0 fully saturated rings. The average Bonchev–Trinajstić information content (AvgIpc) is 2.88. The molecule has 0 bridgehead atoms. The fourth-order valence-corrected chi connectivity index (χ4v) is 3.62. The van der Waals surface area contributed by atoms with Crippen molar-refractivity contribution in [2.24, 2.45) is 0 Å². The second-order valence-corrected chi connectivity index (χ2v) is 6.49. The van der Waals surface area contributed by atoms with Gasteiger partial charge in [-0.3, -0.25) is 0 Å². The number of hydrogen-bond acceptors (Lipinski definition) is 4. The van der Waals surface area contributed by atoms with Crippen LogP contribution in [-0.2, 0) is 12.8 Å². The number of rotatable bonds is 5. The van der Waals surface area contributed by atoms with E-state index in [1.54, 1.807) is 11.3 Å². The van der Waals surface area contributed by atoms with Crippen molar-refractivity contribution in [1.29, 1.82) is 0 Å². The molecule has 2 aromatic heterocycles. The number of thiazole rings is 1. The second-order valence-electron chi connectivity index (χ2n) is 4.26. The normalized spacial score (nSPS) is 12.6. The van der Waals surface area contributed by atoms with E-state index in [9.17, 15) is 0 Å². The molecule has 1 atom stereocenters. The van der Waals surface area contributed by atoms with E-state index in [4.69, 9.17) is 0 Å². The number of anilines is 1. The fraction of sp³-hybridized carbons (Fsp3) is 0.462. The molecular formula is C13H18N2S2. The molecule has 4 heteroatoms. The smallest absolute Gasteiger partial charge is 0.183 e. The summed E-state index contributed by atoms with van der Waals surface area (Å²) in [7, 11) is 0. The Morgan fingerprint density at radius 2 is 2.24 bits per heavy atom. The topological polar surface area (TPSA) is 24.9 Å². The van der Waals surface area contributed by atoms with E-state index in [1.807, 2.05) is 11.3 Å². The standard InChI is InChI=1S/C13H18N2S2/c1-4-11-8-16-13(15-11)14-9(2)7-12-6-5-10(3)17-12/h5-6,8-9H,4,7H2,1-3H3,(H,14,15). The molecule has 0 aromatic carbocycles. The van der Waals surface area contributed by atoms with Gasteiger partial charge in [0.05, 0.1) is 5.69 Å². The molecule has 2 heterocycles. The van der Waals surface area contributed by atoms with Crippen LogP contribution in [0.25, 0.3) is 0 Å². The summed E-state index contributed by atoms with van der Waals surface area (Å²) in [6, 6.07) is 4.84. The monoisotopic (exact) mass is 266 g/mol. The quantitative estimate of drug-likeness (QED) is 0.880. The molecule has 0 saturated heterocycles. The molecule has 0 spiro atoms. The van der Waals surface area contributed by atoms with Crippen molar-refractivity contribution in [2.45, 2.75) is 39.7 Å². The maximum Gasteiger partial charge on any atom is 0.183 e. The first-order chi connectivity index (χ1) is 8.17. The lowest BCUT2D eigenvalue weighted by Crippen LogP contribution is -2.17. The lowest BCUT2D eigenvalue weighted by molar-refractivity contribution is 0.797. The Labute approximate surface area is 111 Å². The Kier molecular flexibility index (Phi) is 4.18. The summed E-state index contributed by atoms with van der Waals surface area (Å²) in [5.74, 6) is 0.